The van der Waals surface area contributed by atoms with Crippen molar-refractivity contribution in [1.29, 1.82) is 0 Å². The molecule has 32 heavy (non-hydrogen) atoms. The molecule has 0 bridgehead atoms. The lowest BCUT2D eigenvalue weighted by Gasteiger charge is -2.23. The van der Waals surface area contributed by atoms with Crippen LogP contribution in [0, 0.1) is 0 Å². The Hall–Kier alpha value is -2.29. The van der Waals surface area contributed by atoms with E-state index in [-0.39, 0.29) is 17.9 Å². The Labute approximate surface area is 196 Å². The monoisotopic (exact) mass is 489 g/mol. The Morgan fingerprint density at radius 2 is 1.56 bits per heavy atom. The molecular formula is C18H31N7O5S2. The van der Waals surface area contributed by atoms with Gasteiger partial charge in [-0.3, -0.25) is 14.4 Å². The van der Waals surface area contributed by atoms with Gasteiger partial charge in [-0.2, -0.15) is 25.3 Å². The van der Waals surface area contributed by atoms with Crippen molar-refractivity contribution in [3.05, 3.63) is 18.2 Å². The predicted molar refractivity (Wildman–Crippen MR) is 124 cm³/mol. The van der Waals surface area contributed by atoms with Gasteiger partial charge < -0.3 is 37.5 Å². The van der Waals surface area contributed by atoms with Crippen molar-refractivity contribution in [2.45, 2.75) is 49.9 Å². The first-order valence-corrected chi connectivity index (χ1v) is 11.3. The summed E-state index contributed by atoms with van der Waals surface area (Å²) in [6.45, 7) is 0.494. The zero-order valence-corrected chi connectivity index (χ0v) is 19.3. The molecule has 0 saturated carbocycles. The number of hydrogen-bond acceptors (Lipinski definition) is 9. The van der Waals surface area contributed by atoms with Crippen LogP contribution in [0.2, 0.25) is 0 Å². The van der Waals surface area contributed by atoms with Gasteiger partial charge in [0, 0.05) is 29.8 Å². The first-order valence-electron chi connectivity index (χ1n) is 10.0. The van der Waals surface area contributed by atoms with E-state index in [0.29, 0.717) is 25.1 Å². The molecule has 1 aromatic rings. The summed E-state index contributed by atoms with van der Waals surface area (Å²) in [4.78, 5) is 55.4. The number of carboxylic acids is 1. The van der Waals surface area contributed by atoms with Crippen LogP contribution in [-0.2, 0) is 25.6 Å². The maximum atomic E-state index is 12.6. The van der Waals surface area contributed by atoms with Crippen LogP contribution in [0.5, 0.6) is 0 Å². The van der Waals surface area contributed by atoms with E-state index in [1.807, 2.05) is 0 Å². The SMILES string of the molecule is NCCCCC(N)C(=O)NC(CS)C(=O)NC(CS)C(=O)NC(Cc1cnc[nH]1)C(=O)O. The highest BCUT2D eigenvalue weighted by Gasteiger charge is 2.29. The summed E-state index contributed by atoms with van der Waals surface area (Å²) in [6, 6.07) is -4.22. The van der Waals surface area contributed by atoms with Gasteiger partial charge >= 0.3 is 5.97 Å². The number of aromatic amines is 1. The number of unbranched alkanes of at least 4 members (excludes halogenated alkanes) is 1. The van der Waals surface area contributed by atoms with E-state index >= 15 is 0 Å². The summed E-state index contributed by atoms with van der Waals surface area (Å²) in [6.07, 6.45) is 4.63. The second-order valence-electron chi connectivity index (χ2n) is 7.06. The van der Waals surface area contributed by atoms with Crippen LogP contribution in [0.4, 0.5) is 0 Å². The topological polar surface area (TPSA) is 205 Å². The van der Waals surface area contributed by atoms with Crippen molar-refractivity contribution >= 4 is 48.9 Å². The molecule has 0 aromatic carbocycles. The van der Waals surface area contributed by atoms with Gasteiger partial charge in [-0.05, 0) is 19.4 Å². The molecule has 0 spiro atoms. The number of H-pyrrole nitrogens is 1. The molecule has 0 fully saturated rings. The molecule has 1 rings (SSSR count). The summed E-state index contributed by atoms with van der Waals surface area (Å²) < 4.78 is 0. The number of rotatable bonds is 15. The van der Waals surface area contributed by atoms with Crippen LogP contribution in [0.15, 0.2) is 12.5 Å². The number of carboxylic acid groups (broad SMARTS) is 1. The summed E-state index contributed by atoms with van der Waals surface area (Å²) in [5, 5.41) is 16.7. The van der Waals surface area contributed by atoms with Crippen molar-refractivity contribution in [2.75, 3.05) is 18.1 Å². The minimum Gasteiger partial charge on any atom is -0.480 e. The van der Waals surface area contributed by atoms with Crippen LogP contribution in [0.1, 0.15) is 25.0 Å². The van der Waals surface area contributed by atoms with Gasteiger partial charge in [0.1, 0.15) is 18.1 Å². The van der Waals surface area contributed by atoms with Crippen LogP contribution in [0.3, 0.4) is 0 Å². The van der Waals surface area contributed by atoms with E-state index in [4.69, 9.17) is 11.5 Å². The quantitative estimate of drug-likeness (QED) is 0.0974. The molecule has 0 radical (unpaired) electrons. The van der Waals surface area contributed by atoms with Gasteiger partial charge in [-0.1, -0.05) is 6.42 Å². The first kappa shape index (κ1) is 27.7. The van der Waals surface area contributed by atoms with Crippen LogP contribution in [0.25, 0.3) is 0 Å². The number of hydrogen-bond donors (Lipinski definition) is 9. The van der Waals surface area contributed by atoms with Gasteiger partial charge in [0.25, 0.3) is 0 Å². The molecule has 180 valence electrons. The Kier molecular flexibility index (Phi) is 12.8. The molecule has 1 heterocycles. The van der Waals surface area contributed by atoms with Crippen molar-refractivity contribution in [3.63, 3.8) is 0 Å². The fraction of sp³-hybridized carbons (Fsp3) is 0.611. The maximum absolute atomic E-state index is 12.6. The normalized spacial score (nSPS) is 14.6. The van der Waals surface area contributed by atoms with E-state index in [9.17, 15) is 24.3 Å². The zero-order chi connectivity index (χ0) is 24.1. The minimum atomic E-state index is -1.25. The van der Waals surface area contributed by atoms with Crippen molar-refractivity contribution in [1.82, 2.24) is 25.9 Å². The van der Waals surface area contributed by atoms with Crippen molar-refractivity contribution in [2.24, 2.45) is 11.5 Å². The molecule has 14 heteroatoms. The lowest BCUT2D eigenvalue weighted by atomic mass is 10.1. The Morgan fingerprint density at radius 3 is 2.03 bits per heavy atom. The number of nitrogens with zero attached hydrogens (tertiary/aromatic N) is 1. The van der Waals surface area contributed by atoms with Gasteiger partial charge in [-0.15, -0.1) is 0 Å². The largest absolute Gasteiger partial charge is 0.480 e. The third-order valence-electron chi connectivity index (χ3n) is 4.53. The Bertz CT molecular complexity index is 750. The molecule has 3 amide bonds. The molecule has 0 aliphatic carbocycles. The number of imidazole rings is 1. The van der Waals surface area contributed by atoms with Crippen LogP contribution >= 0.6 is 25.3 Å². The van der Waals surface area contributed by atoms with Crippen molar-refractivity contribution in [3.8, 4) is 0 Å². The zero-order valence-electron chi connectivity index (χ0n) is 17.5. The fourth-order valence-corrected chi connectivity index (χ4v) is 3.18. The molecule has 4 atom stereocenters. The summed E-state index contributed by atoms with van der Waals surface area (Å²) in [5.74, 6) is -3.30. The highest BCUT2D eigenvalue weighted by molar-refractivity contribution is 7.80. The van der Waals surface area contributed by atoms with Gasteiger partial charge in [0.2, 0.25) is 17.7 Å². The van der Waals surface area contributed by atoms with E-state index < -0.39 is 47.9 Å². The van der Waals surface area contributed by atoms with Crippen LogP contribution < -0.4 is 27.4 Å². The maximum Gasteiger partial charge on any atom is 0.326 e. The standard InChI is InChI=1S/C18H31N7O5S2/c19-4-2-1-3-11(20)15(26)24-13(7-31)17(28)25-14(8-32)16(27)23-12(18(29)30)5-10-6-21-9-22-10/h6,9,11-14,31-32H,1-5,7-8,19-20H2,(H,21,22)(H,23,27)(H,24,26)(H,25,28)(H,29,30). The highest BCUT2D eigenvalue weighted by atomic mass is 32.1. The number of carbonyl (C=O) groups is 4. The summed E-state index contributed by atoms with van der Waals surface area (Å²) >= 11 is 8.14. The van der Waals surface area contributed by atoms with Crippen LogP contribution in [-0.4, -0.2) is 81.0 Å². The van der Waals surface area contributed by atoms with E-state index in [1.54, 1.807) is 0 Å². The molecule has 0 aliphatic rings. The molecule has 12 nitrogen and oxygen atoms in total. The number of aliphatic carboxylic acids is 1. The molecule has 1 aromatic heterocycles. The van der Waals surface area contributed by atoms with Gasteiger partial charge in [-0.25, -0.2) is 9.78 Å². The number of nitrogens with one attached hydrogen (secondary N) is 4. The smallest absolute Gasteiger partial charge is 0.326 e. The molecule has 0 aliphatic heterocycles. The fourth-order valence-electron chi connectivity index (χ4n) is 2.67. The number of thiol groups is 2. The second-order valence-corrected chi connectivity index (χ2v) is 7.79. The van der Waals surface area contributed by atoms with Crippen molar-refractivity contribution < 1.29 is 24.3 Å². The molecular weight excluding hydrogens is 458 g/mol. The lowest BCUT2D eigenvalue weighted by Crippen LogP contribution is -2.58. The Balaban J connectivity index is 2.67. The average Bonchev–Trinajstić information content (AvgIpc) is 3.27. The lowest BCUT2D eigenvalue weighted by molar-refractivity contribution is -0.142. The highest BCUT2D eigenvalue weighted by Crippen LogP contribution is 2.02. The van der Waals surface area contributed by atoms with Gasteiger partial charge in [0.15, 0.2) is 0 Å². The van der Waals surface area contributed by atoms with Gasteiger partial charge in [0.05, 0.1) is 12.4 Å². The van der Waals surface area contributed by atoms with E-state index in [2.05, 4.69) is 51.2 Å². The third kappa shape index (κ3) is 9.46. The van der Waals surface area contributed by atoms with E-state index in [1.165, 1.54) is 12.5 Å². The molecule has 0 saturated heterocycles. The van der Waals surface area contributed by atoms with E-state index in [0.717, 1.165) is 6.42 Å². The number of amides is 3. The molecule has 9 N–H and O–H groups in total. The summed E-state index contributed by atoms with van der Waals surface area (Å²) in [7, 11) is 0. The average molecular weight is 490 g/mol. The molecule has 4 unspecified atom stereocenters. The summed E-state index contributed by atoms with van der Waals surface area (Å²) in [5.41, 5.74) is 11.8. The first-order chi connectivity index (χ1) is 15.2. The number of nitrogens with two attached hydrogens (primary N) is 2. The second kappa shape index (κ2) is 14.7. The number of carbonyl (C=O) groups excluding carboxylic acids is 3. The predicted octanol–water partition coefficient (Wildman–Crippen LogP) is -2.19. The third-order valence-corrected chi connectivity index (χ3v) is 5.26. The minimum absolute atomic E-state index is 0.0221. The number of aromatic nitrogens is 2. The Morgan fingerprint density at radius 1 is 1.00 bits per heavy atom.